The molecule has 6 heteroatoms. The van der Waals surface area contributed by atoms with E-state index >= 15 is 0 Å². The van der Waals surface area contributed by atoms with Crippen molar-refractivity contribution in [1.82, 2.24) is 15.1 Å². The number of carbonyl (C=O) groups is 2. The van der Waals surface area contributed by atoms with Crippen LogP contribution in [0.5, 0.6) is 0 Å². The lowest BCUT2D eigenvalue weighted by molar-refractivity contribution is -0.148. The van der Waals surface area contributed by atoms with Crippen LogP contribution in [0.2, 0.25) is 0 Å². The molecule has 0 spiro atoms. The Bertz CT molecular complexity index is 358. The van der Waals surface area contributed by atoms with Crippen molar-refractivity contribution in [3.8, 4) is 0 Å². The number of amides is 2. The maximum atomic E-state index is 12.3. The minimum atomic E-state index is -1.01. The Balaban J connectivity index is 2.61. The third-order valence-electron chi connectivity index (χ3n) is 4.39. The minimum absolute atomic E-state index is 0.240. The predicted octanol–water partition coefficient (Wildman–Crippen LogP) is 1.76. The summed E-state index contributed by atoms with van der Waals surface area (Å²) in [7, 11) is 0. The van der Waals surface area contributed by atoms with Crippen LogP contribution in [0, 0.1) is 0 Å². The SMILES string of the molecule is CCCC1(C(=O)O)CCCN1C(=O)NCCN(CC)CC. The first-order chi connectivity index (χ1) is 10.0. The number of hydrogen-bond acceptors (Lipinski definition) is 3. The Morgan fingerprint density at radius 1 is 1.29 bits per heavy atom. The number of carbonyl (C=O) groups excluding carboxylic acids is 1. The Morgan fingerprint density at radius 2 is 1.95 bits per heavy atom. The van der Waals surface area contributed by atoms with E-state index < -0.39 is 11.5 Å². The molecular formula is C15H29N3O3. The van der Waals surface area contributed by atoms with Gasteiger partial charge in [0.2, 0.25) is 0 Å². The highest BCUT2D eigenvalue weighted by atomic mass is 16.4. The van der Waals surface area contributed by atoms with Crippen LogP contribution in [0.1, 0.15) is 46.5 Å². The molecule has 6 nitrogen and oxygen atoms in total. The topological polar surface area (TPSA) is 72.9 Å². The van der Waals surface area contributed by atoms with Crippen LogP contribution in [0.25, 0.3) is 0 Å². The largest absolute Gasteiger partial charge is 0.479 e. The number of carboxylic acid groups (broad SMARTS) is 1. The summed E-state index contributed by atoms with van der Waals surface area (Å²) >= 11 is 0. The molecule has 0 aromatic carbocycles. The van der Waals surface area contributed by atoms with Crippen LogP contribution in [-0.2, 0) is 4.79 Å². The lowest BCUT2D eigenvalue weighted by atomic mass is 9.91. The van der Waals surface area contributed by atoms with E-state index in [0.717, 1.165) is 32.5 Å². The molecule has 1 atom stereocenters. The Kier molecular flexibility index (Phi) is 6.95. The maximum Gasteiger partial charge on any atom is 0.329 e. The van der Waals surface area contributed by atoms with Crippen LogP contribution < -0.4 is 5.32 Å². The molecular weight excluding hydrogens is 270 g/mol. The average Bonchev–Trinajstić information content (AvgIpc) is 2.89. The number of carboxylic acids is 1. The van der Waals surface area contributed by atoms with Gasteiger partial charge in [-0.05, 0) is 32.4 Å². The molecule has 0 aliphatic carbocycles. The van der Waals surface area contributed by atoms with Gasteiger partial charge in [-0.15, -0.1) is 0 Å². The second kappa shape index (κ2) is 8.22. The molecule has 122 valence electrons. The summed E-state index contributed by atoms with van der Waals surface area (Å²) in [5.74, 6) is -0.874. The molecule has 0 aromatic rings. The number of aliphatic carboxylic acids is 1. The predicted molar refractivity (Wildman–Crippen MR) is 82.4 cm³/mol. The van der Waals surface area contributed by atoms with E-state index in [-0.39, 0.29) is 6.03 Å². The zero-order chi connectivity index (χ0) is 15.9. The van der Waals surface area contributed by atoms with Gasteiger partial charge in [-0.2, -0.15) is 0 Å². The van der Waals surface area contributed by atoms with Crippen LogP contribution in [0.3, 0.4) is 0 Å². The number of nitrogens with one attached hydrogen (secondary N) is 1. The summed E-state index contributed by atoms with van der Waals surface area (Å²) in [6.07, 6.45) is 2.59. The zero-order valence-corrected chi connectivity index (χ0v) is 13.5. The van der Waals surface area contributed by atoms with Crippen molar-refractivity contribution < 1.29 is 14.7 Å². The number of nitrogens with zero attached hydrogens (tertiary/aromatic N) is 2. The van der Waals surface area contributed by atoms with E-state index in [9.17, 15) is 14.7 Å². The minimum Gasteiger partial charge on any atom is -0.479 e. The van der Waals surface area contributed by atoms with Crippen LogP contribution in [0.4, 0.5) is 4.79 Å². The van der Waals surface area contributed by atoms with Crippen molar-refractivity contribution in [2.75, 3.05) is 32.7 Å². The van der Waals surface area contributed by atoms with Gasteiger partial charge < -0.3 is 20.2 Å². The molecule has 1 saturated heterocycles. The third kappa shape index (κ3) is 4.09. The molecule has 0 bridgehead atoms. The van der Waals surface area contributed by atoms with Crippen LogP contribution in [-0.4, -0.2) is 65.2 Å². The Hall–Kier alpha value is -1.30. The second-order valence-corrected chi connectivity index (χ2v) is 5.60. The number of hydrogen-bond donors (Lipinski definition) is 2. The molecule has 21 heavy (non-hydrogen) atoms. The van der Waals surface area contributed by atoms with Crippen LogP contribution >= 0.6 is 0 Å². The first-order valence-corrected chi connectivity index (χ1v) is 8.03. The van der Waals surface area contributed by atoms with E-state index in [2.05, 4.69) is 24.1 Å². The van der Waals surface area contributed by atoms with Crippen LogP contribution in [0.15, 0.2) is 0 Å². The summed E-state index contributed by atoms with van der Waals surface area (Å²) in [6, 6.07) is -0.240. The lowest BCUT2D eigenvalue weighted by Gasteiger charge is -2.34. The molecule has 1 unspecified atom stereocenters. The molecule has 1 heterocycles. The third-order valence-corrected chi connectivity index (χ3v) is 4.39. The molecule has 0 aromatic heterocycles. The molecule has 0 radical (unpaired) electrons. The Morgan fingerprint density at radius 3 is 2.48 bits per heavy atom. The molecule has 1 aliphatic heterocycles. The van der Waals surface area contributed by atoms with E-state index in [4.69, 9.17) is 0 Å². The highest BCUT2D eigenvalue weighted by Gasteiger charge is 2.49. The zero-order valence-electron chi connectivity index (χ0n) is 13.5. The van der Waals surface area contributed by atoms with Crippen molar-refractivity contribution in [3.05, 3.63) is 0 Å². The quantitative estimate of drug-likeness (QED) is 0.716. The van der Waals surface area contributed by atoms with Crippen molar-refractivity contribution in [3.63, 3.8) is 0 Å². The standard InChI is InChI=1S/C15H29N3O3/c1-4-8-15(13(19)20)9-7-11-18(15)14(21)16-10-12-17(5-2)6-3/h4-12H2,1-3H3,(H,16,21)(H,19,20). The van der Waals surface area contributed by atoms with E-state index in [1.807, 2.05) is 6.92 Å². The van der Waals surface area contributed by atoms with Crippen molar-refractivity contribution in [2.24, 2.45) is 0 Å². The smallest absolute Gasteiger partial charge is 0.329 e. The molecule has 1 aliphatic rings. The fraction of sp³-hybridized carbons (Fsp3) is 0.867. The number of likely N-dealkylation sites (tertiary alicyclic amines) is 1. The summed E-state index contributed by atoms with van der Waals surface area (Å²) in [5, 5.41) is 12.4. The maximum absolute atomic E-state index is 12.3. The van der Waals surface area contributed by atoms with Crippen molar-refractivity contribution >= 4 is 12.0 Å². The lowest BCUT2D eigenvalue weighted by Crippen LogP contribution is -2.56. The second-order valence-electron chi connectivity index (χ2n) is 5.60. The van der Waals surface area contributed by atoms with Gasteiger partial charge in [0.05, 0.1) is 0 Å². The van der Waals surface area contributed by atoms with Gasteiger partial charge in [0, 0.05) is 19.6 Å². The average molecular weight is 299 g/mol. The normalized spacial score (nSPS) is 21.8. The highest BCUT2D eigenvalue weighted by Crippen LogP contribution is 2.33. The summed E-state index contributed by atoms with van der Waals surface area (Å²) in [5.41, 5.74) is -1.01. The summed E-state index contributed by atoms with van der Waals surface area (Å²) in [6.45, 7) is 9.91. The number of rotatable bonds is 8. The number of likely N-dealkylation sites (N-methyl/N-ethyl adjacent to an activating group) is 1. The van der Waals surface area contributed by atoms with E-state index in [0.29, 0.717) is 25.9 Å². The van der Waals surface area contributed by atoms with Gasteiger partial charge in [0.25, 0.3) is 0 Å². The summed E-state index contributed by atoms with van der Waals surface area (Å²) < 4.78 is 0. The molecule has 0 saturated carbocycles. The fourth-order valence-electron chi connectivity index (χ4n) is 3.13. The Labute approximate surface area is 127 Å². The summed E-state index contributed by atoms with van der Waals surface area (Å²) in [4.78, 5) is 27.8. The monoisotopic (exact) mass is 299 g/mol. The van der Waals surface area contributed by atoms with Gasteiger partial charge >= 0.3 is 12.0 Å². The van der Waals surface area contributed by atoms with Crippen molar-refractivity contribution in [2.45, 2.75) is 52.0 Å². The first-order valence-electron chi connectivity index (χ1n) is 8.03. The number of urea groups is 1. The first kappa shape index (κ1) is 17.8. The molecule has 1 rings (SSSR count). The van der Waals surface area contributed by atoms with Gasteiger partial charge in [0.1, 0.15) is 5.54 Å². The van der Waals surface area contributed by atoms with Gasteiger partial charge in [-0.25, -0.2) is 9.59 Å². The van der Waals surface area contributed by atoms with Crippen molar-refractivity contribution in [1.29, 1.82) is 0 Å². The van der Waals surface area contributed by atoms with E-state index in [1.165, 1.54) is 4.90 Å². The van der Waals surface area contributed by atoms with Gasteiger partial charge in [-0.1, -0.05) is 27.2 Å². The molecule has 1 fully saturated rings. The molecule has 2 amide bonds. The van der Waals surface area contributed by atoms with Gasteiger partial charge in [0.15, 0.2) is 0 Å². The van der Waals surface area contributed by atoms with E-state index in [1.54, 1.807) is 0 Å². The molecule has 2 N–H and O–H groups in total. The fourth-order valence-corrected chi connectivity index (χ4v) is 3.13. The van der Waals surface area contributed by atoms with Gasteiger partial charge in [-0.3, -0.25) is 0 Å². The highest BCUT2D eigenvalue weighted by molar-refractivity contribution is 5.87.